The Morgan fingerprint density at radius 2 is 1.93 bits per heavy atom. The van der Waals surface area contributed by atoms with Crippen molar-refractivity contribution in [1.29, 1.82) is 0 Å². The van der Waals surface area contributed by atoms with Crippen LogP contribution >= 0.6 is 0 Å². The third kappa shape index (κ3) is 3.97. The van der Waals surface area contributed by atoms with Gasteiger partial charge in [0, 0.05) is 30.3 Å². The van der Waals surface area contributed by atoms with Crippen LogP contribution in [0.5, 0.6) is 5.75 Å². The average Bonchev–Trinajstić information content (AvgIpc) is 3.46. The van der Waals surface area contributed by atoms with Crippen molar-refractivity contribution in [3.8, 4) is 5.75 Å². The lowest BCUT2D eigenvalue weighted by atomic mass is 10.1. The Bertz CT molecular complexity index is 856. The summed E-state index contributed by atoms with van der Waals surface area (Å²) in [4.78, 5) is 26.5. The molecule has 1 heterocycles. The number of aryl methyl sites for hydroxylation is 1. The van der Waals surface area contributed by atoms with E-state index < -0.39 is 0 Å². The zero-order valence-electron chi connectivity index (χ0n) is 15.5. The highest BCUT2D eigenvalue weighted by Crippen LogP contribution is 2.37. The molecular formula is C22H24N2O3. The molecule has 0 bridgehead atoms. The van der Waals surface area contributed by atoms with E-state index in [1.165, 1.54) is 0 Å². The number of anilines is 2. The number of nitrogens with zero attached hydrogens (tertiary/aromatic N) is 1. The normalized spacial score (nSPS) is 15.4. The molecule has 5 heteroatoms. The minimum absolute atomic E-state index is 0.00493. The van der Waals surface area contributed by atoms with Crippen molar-refractivity contribution in [3.63, 3.8) is 0 Å². The van der Waals surface area contributed by atoms with Crippen LogP contribution in [-0.4, -0.2) is 25.5 Å². The molecule has 0 saturated heterocycles. The van der Waals surface area contributed by atoms with Gasteiger partial charge in [-0.15, -0.1) is 0 Å². The summed E-state index contributed by atoms with van der Waals surface area (Å²) in [7, 11) is 1.64. The number of methoxy groups -OCH3 is 1. The Kier molecular flexibility index (Phi) is 4.84. The lowest BCUT2D eigenvalue weighted by Crippen LogP contribution is -2.30. The molecule has 1 aliphatic heterocycles. The predicted molar refractivity (Wildman–Crippen MR) is 105 cm³/mol. The number of nitrogens with one attached hydrogen (secondary N) is 1. The number of benzene rings is 2. The first kappa shape index (κ1) is 17.6. The molecule has 2 aromatic carbocycles. The molecule has 1 N–H and O–H groups in total. The van der Waals surface area contributed by atoms with Gasteiger partial charge in [0.1, 0.15) is 5.75 Å². The molecule has 2 aliphatic rings. The van der Waals surface area contributed by atoms with E-state index in [0.717, 1.165) is 54.1 Å². The fraction of sp³-hybridized carbons (Fsp3) is 0.364. The van der Waals surface area contributed by atoms with Gasteiger partial charge in [-0.05, 0) is 67.1 Å². The molecule has 140 valence electrons. The Balaban J connectivity index is 1.34. The number of rotatable bonds is 6. The topological polar surface area (TPSA) is 58.6 Å². The quantitative estimate of drug-likeness (QED) is 0.853. The van der Waals surface area contributed by atoms with Crippen LogP contribution < -0.4 is 15.0 Å². The van der Waals surface area contributed by atoms with Gasteiger partial charge in [0.25, 0.3) is 0 Å². The van der Waals surface area contributed by atoms with E-state index in [0.29, 0.717) is 12.8 Å². The Morgan fingerprint density at radius 3 is 2.63 bits per heavy atom. The first-order valence-corrected chi connectivity index (χ1v) is 9.51. The molecule has 4 rings (SSSR count). The van der Waals surface area contributed by atoms with E-state index in [-0.39, 0.29) is 17.7 Å². The first-order valence-electron chi connectivity index (χ1n) is 9.51. The number of hydrogen-bond acceptors (Lipinski definition) is 3. The second-order valence-corrected chi connectivity index (χ2v) is 7.25. The maximum atomic E-state index is 12.3. The number of carbonyl (C=O) groups is 2. The van der Waals surface area contributed by atoms with Crippen molar-refractivity contribution in [1.82, 2.24) is 0 Å². The first-order chi connectivity index (χ1) is 13.1. The predicted octanol–water partition coefficient (Wildman–Crippen LogP) is 3.57. The van der Waals surface area contributed by atoms with Gasteiger partial charge in [-0.1, -0.05) is 12.1 Å². The van der Waals surface area contributed by atoms with E-state index in [1.54, 1.807) is 7.11 Å². The van der Waals surface area contributed by atoms with E-state index in [2.05, 4.69) is 5.32 Å². The van der Waals surface area contributed by atoms with E-state index in [4.69, 9.17) is 4.74 Å². The lowest BCUT2D eigenvalue weighted by molar-refractivity contribution is -0.119. The molecule has 0 atom stereocenters. The fourth-order valence-corrected chi connectivity index (χ4v) is 3.53. The summed E-state index contributed by atoms with van der Waals surface area (Å²) in [6, 6.07) is 13.6. The van der Waals surface area contributed by atoms with Gasteiger partial charge in [0.15, 0.2) is 0 Å². The molecule has 1 saturated carbocycles. The lowest BCUT2D eigenvalue weighted by Gasteiger charge is -2.17. The zero-order valence-corrected chi connectivity index (χ0v) is 15.5. The Hall–Kier alpha value is -2.82. The number of ether oxygens (including phenoxy) is 1. The van der Waals surface area contributed by atoms with Crippen molar-refractivity contribution < 1.29 is 14.3 Å². The molecule has 0 aromatic heterocycles. The summed E-state index contributed by atoms with van der Waals surface area (Å²) in [5.74, 6) is 1.29. The number of fused-ring (bicyclic) bond motifs is 1. The van der Waals surface area contributed by atoms with Crippen LogP contribution in [0.15, 0.2) is 42.5 Å². The van der Waals surface area contributed by atoms with Crippen LogP contribution in [0.1, 0.15) is 30.4 Å². The van der Waals surface area contributed by atoms with Crippen molar-refractivity contribution in [3.05, 3.63) is 53.6 Å². The van der Waals surface area contributed by atoms with Crippen LogP contribution in [0.4, 0.5) is 11.4 Å². The maximum absolute atomic E-state index is 12.3. The minimum Gasteiger partial charge on any atom is -0.497 e. The fourth-order valence-electron chi connectivity index (χ4n) is 3.53. The third-order valence-electron chi connectivity index (χ3n) is 5.25. The second-order valence-electron chi connectivity index (χ2n) is 7.25. The third-order valence-corrected chi connectivity index (χ3v) is 5.25. The van der Waals surface area contributed by atoms with Gasteiger partial charge in [0.2, 0.25) is 11.8 Å². The molecule has 27 heavy (non-hydrogen) atoms. The highest BCUT2D eigenvalue weighted by atomic mass is 16.5. The summed E-state index contributed by atoms with van der Waals surface area (Å²) < 4.78 is 5.15. The number of amides is 2. The highest BCUT2D eigenvalue weighted by molar-refractivity contribution is 5.99. The van der Waals surface area contributed by atoms with Crippen LogP contribution in [-0.2, 0) is 22.4 Å². The summed E-state index contributed by atoms with van der Waals surface area (Å²) in [5.41, 5.74) is 4.04. The number of carbonyl (C=O) groups excluding carboxylic acids is 2. The standard InChI is InChI=1S/C22H24N2O3/c1-27-19-8-2-15(3-9-19)4-11-21(25)23-18-7-10-20-17(14-18)12-13-24(20)22(26)16-5-6-16/h2-3,7-10,14,16H,4-6,11-13H2,1H3,(H,23,25). The molecule has 0 radical (unpaired) electrons. The van der Waals surface area contributed by atoms with E-state index >= 15 is 0 Å². The van der Waals surface area contributed by atoms with Crippen LogP contribution in [0, 0.1) is 5.92 Å². The van der Waals surface area contributed by atoms with Crippen molar-refractivity contribution in [2.45, 2.75) is 32.1 Å². The molecule has 2 aromatic rings. The SMILES string of the molecule is COc1ccc(CCC(=O)Nc2ccc3c(c2)CCN3C(=O)C2CC2)cc1. The number of hydrogen-bond donors (Lipinski definition) is 1. The van der Waals surface area contributed by atoms with Crippen molar-refractivity contribution in [2.24, 2.45) is 5.92 Å². The van der Waals surface area contributed by atoms with Crippen molar-refractivity contribution in [2.75, 3.05) is 23.9 Å². The largest absolute Gasteiger partial charge is 0.497 e. The molecule has 1 fully saturated rings. The molecule has 1 aliphatic carbocycles. The molecular weight excluding hydrogens is 340 g/mol. The zero-order chi connectivity index (χ0) is 18.8. The summed E-state index contributed by atoms with van der Waals surface area (Å²) >= 11 is 0. The van der Waals surface area contributed by atoms with E-state index in [1.807, 2.05) is 47.4 Å². The highest BCUT2D eigenvalue weighted by Gasteiger charge is 2.36. The molecule has 5 nitrogen and oxygen atoms in total. The van der Waals surface area contributed by atoms with Gasteiger partial charge < -0.3 is 15.0 Å². The molecule has 0 unspecified atom stereocenters. The second kappa shape index (κ2) is 7.43. The monoisotopic (exact) mass is 364 g/mol. The molecule has 0 spiro atoms. The van der Waals surface area contributed by atoms with E-state index in [9.17, 15) is 9.59 Å². The summed E-state index contributed by atoms with van der Waals surface area (Å²) in [6.07, 6.45) is 4.00. The smallest absolute Gasteiger partial charge is 0.230 e. The van der Waals surface area contributed by atoms with Gasteiger partial charge >= 0.3 is 0 Å². The van der Waals surface area contributed by atoms with Gasteiger partial charge in [-0.3, -0.25) is 9.59 Å². The summed E-state index contributed by atoms with van der Waals surface area (Å²) in [6.45, 7) is 0.750. The van der Waals surface area contributed by atoms with Gasteiger partial charge in [0.05, 0.1) is 7.11 Å². The Labute approximate surface area is 159 Å². The van der Waals surface area contributed by atoms with Crippen LogP contribution in [0.3, 0.4) is 0 Å². The minimum atomic E-state index is -0.00493. The van der Waals surface area contributed by atoms with Crippen molar-refractivity contribution >= 4 is 23.2 Å². The van der Waals surface area contributed by atoms with Crippen LogP contribution in [0.2, 0.25) is 0 Å². The van der Waals surface area contributed by atoms with Gasteiger partial charge in [-0.25, -0.2) is 0 Å². The molecule has 2 amide bonds. The van der Waals surface area contributed by atoms with Gasteiger partial charge in [-0.2, -0.15) is 0 Å². The maximum Gasteiger partial charge on any atom is 0.230 e. The average molecular weight is 364 g/mol. The Morgan fingerprint density at radius 1 is 1.15 bits per heavy atom. The van der Waals surface area contributed by atoms with Crippen LogP contribution in [0.25, 0.3) is 0 Å². The summed E-state index contributed by atoms with van der Waals surface area (Å²) in [5, 5.41) is 2.98.